The summed E-state index contributed by atoms with van der Waals surface area (Å²) in [6.07, 6.45) is 2.96. The minimum atomic E-state index is 0.601. The monoisotopic (exact) mass is 195 g/mol. The Balaban J connectivity index is 1.77. The molecule has 1 aromatic rings. The molecule has 1 N–H and O–H groups in total. The Kier molecular flexibility index (Phi) is 2.79. The van der Waals surface area contributed by atoms with Gasteiger partial charge in [0.05, 0.1) is 6.54 Å². The van der Waals surface area contributed by atoms with Gasteiger partial charge in [0.2, 0.25) is 0 Å². The van der Waals surface area contributed by atoms with Gasteiger partial charge in [0, 0.05) is 19.6 Å². The van der Waals surface area contributed by atoms with Crippen molar-refractivity contribution < 1.29 is 0 Å². The number of nitrogens with zero attached hydrogens (tertiary/aromatic N) is 4. The van der Waals surface area contributed by atoms with Crippen molar-refractivity contribution in [2.24, 2.45) is 7.05 Å². The molecule has 0 bridgehead atoms. The van der Waals surface area contributed by atoms with Gasteiger partial charge in [-0.3, -0.25) is 4.68 Å². The van der Waals surface area contributed by atoms with Crippen LogP contribution >= 0.6 is 0 Å². The third kappa shape index (κ3) is 2.30. The Hall–Kier alpha value is -0.940. The Morgan fingerprint density at radius 2 is 2.43 bits per heavy atom. The molecule has 2 heterocycles. The lowest BCUT2D eigenvalue weighted by Crippen LogP contribution is -2.31. The molecule has 0 spiro atoms. The fourth-order valence-corrected chi connectivity index (χ4v) is 1.80. The zero-order valence-corrected chi connectivity index (χ0v) is 8.77. The summed E-state index contributed by atoms with van der Waals surface area (Å²) in [7, 11) is 4.04. The van der Waals surface area contributed by atoms with Crippen LogP contribution in [0.25, 0.3) is 0 Å². The van der Waals surface area contributed by atoms with Crippen LogP contribution < -0.4 is 5.32 Å². The molecule has 5 heteroatoms. The van der Waals surface area contributed by atoms with Gasteiger partial charge in [-0.2, -0.15) is 5.10 Å². The predicted octanol–water partition coefficient (Wildman–Crippen LogP) is -0.391. The second kappa shape index (κ2) is 4.06. The number of hydrogen-bond acceptors (Lipinski definition) is 4. The van der Waals surface area contributed by atoms with E-state index in [1.807, 2.05) is 7.05 Å². The van der Waals surface area contributed by atoms with Crippen LogP contribution in [0.1, 0.15) is 12.2 Å². The predicted molar refractivity (Wildman–Crippen MR) is 53.7 cm³/mol. The fourth-order valence-electron chi connectivity index (χ4n) is 1.80. The van der Waals surface area contributed by atoms with Crippen molar-refractivity contribution >= 4 is 0 Å². The topological polar surface area (TPSA) is 46.0 Å². The molecule has 1 aromatic heterocycles. The molecule has 0 saturated carbocycles. The Bertz CT molecular complexity index is 295. The summed E-state index contributed by atoms with van der Waals surface area (Å²) in [6, 6.07) is 0.601. The first-order chi connectivity index (χ1) is 6.74. The molecule has 1 aliphatic heterocycles. The quantitative estimate of drug-likeness (QED) is 0.713. The maximum atomic E-state index is 4.22. The first-order valence-corrected chi connectivity index (χ1v) is 5.00. The lowest BCUT2D eigenvalue weighted by Gasteiger charge is -2.10. The molecule has 1 aliphatic rings. The van der Waals surface area contributed by atoms with Gasteiger partial charge >= 0.3 is 0 Å². The minimum absolute atomic E-state index is 0.601. The number of nitrogens with one attached hydrogen (secondary N) is 1. The Labute approximate surface area is 84.1 Å². The van der Waals surface area contributed by atoms with Crippen molar-refractivity contribution in [1.29, 1.82) is 0 Å². The Morgan fingerprint density at radius 1 is 1.57 bits per heavy atom. The van der Waals surface area contributed by atoms with E-state index in [2.05, 4.69) is 27.3 Å². The fraction of sp³-hybridized carbons (Fsp3) is 0.778. The summed E-state index contributed by atoms with van der Waals surface area (Å²) >= 11 is 0. The number of hydrogen-bond donors (Lipinski definition) is 1. The highest BCUT2D eigenvalue weighted by Gasteiger charge is 2.18. The van der Waals surface area contributed by atoms with Crippen LogP contribution in [0.4, 0.5) is 0 Å². The zero-order chi connectivity index (χ0) is 9.97. The van der Waals surface area contributed by atoms with E-state index in [1.54, 1.807) is 11.0 Å². The average molecular weight is 195 g/mol. The molecule has 0 aromatic carbocycles. The molecule has 78 valence electrons. The number of rotatable bonds is 3. The van der Waals surface area contributed by atoms with Gasteiger partial charge in [0.1, 0.15) is 6.33 Å². The zero-order valence-electron chi connectivity index (χ0n) is 8.77. The lowest BCUT2D eigenvalue weighted by atomic mass is 10.2. The number of likely N-dealkylation sites (N-methyl/N-ethyl adjacent to an activating group) is 1. The van der Waals surface area contributed by atoms with E-state index in [4.69, 9.17) is 0 Å². The van der Waals surface area contributed by atoms with E-state index in [-0.39, 0.29) is 0 Å². The second-order valence-corrected chi connectivity index (χ2v) is 3.96. The molecule has 0 aliphatic carbocycles. The van der Waals surface area contributed by atoms with Gasteiger partial charge in [0.15, 0.2) is 5.82 Å². The van der Waals surface area contributed by atoms with Crippen LogP contribution in [0.15, 0.2) is 6.33 Å². The van der Waals surface area contributed by atoms with Gasteiger partial charge in [-0.25, -0.2) is 4.98 Å². The van der Waals surface area contributed by atoms with Crippen molar-refractivity contribution in [2.45, 2.75) is 19.0 Å². The smallest absolute Gasteiger partial charge is 0.164 e. The third-order valence-electron chi connectivity index (χ3n) is 2.59. The van der Waals surface area contributed by atoms with Crippen LogP contribution in [-0.2, 0) is 13.6 Å². The van der Waals surface area contributed by atoms with Crippen LogP contribution in [0.5, 0.6) is 0 Å². The first kappa shape index (κ1) is 9.61. The van der Waals surface area contributed by atoms with E-state index in [0.717, 1.165) is 18.9 Å². The standard InChI is InChI=1S/C9H17N5/c1-13-4-3-8(6-13)10-5-9-11-7-14(2)12-9/h7-8,10H,3-6H2,1-2H3. The molecule has 1 saturated heterocycles. The molecule has 2 rings (SSSR count). The van der Waals surface area contributed by atoms with E-state index in [9.17, 15) is 0 Å². The third-order valence-corrected chi connectivity index (χ3v) is 2.59. The van der Waals surface area contributed by atoms with Crippen LogP contribution in [0, 0.1) is 0 Å². The lowest BCUT2D eigenvalue weighted by molar-refractivity contribution is 0.396. The molecule has 14 heavy (non-hydrogen) atoms. The van der Waals surface area contributed by atoms with Crippen molar-refractivity contribution in [3.8, 4) is 0 Å². The molecule has 0 amide bonds. The minimum Gasteiger partial charge on any atom is -0.306 e. The molecule has 5 nitrogen and oxygen atoms in total. The Morgan fingerprint density at radius 3 is 3.00 bits per heavy atom. The highest BCUT2D eigenvalue weighted by atomic mass is 15.3. The van der Waals surface area contributed by atoms with Crippen molar-refractivity contribution in [3.63, 3.8) is 0 Å². The molecular formula is C9H17N5. The normalized spacial score (nSPS) is 23.1. The maximum absolute atomic E-state index is 4.22. The SMILES string of the molecule is CN1CCC(NCc2ncn(C)n2)C1. The average Bonchev–Trinajstić information content (AvgIpc) is 2.72. The highest BCUT2D eigenvalue weighted by Crippen LogP contribution is 2.06. The summed E-state index contributed by atoms with van der Waals surface area (Å²) in [5, 5.41) is 7.68. The summed E-state index contributed by atoms with van der Waals surface area (Å²) in [4.78, 5) is 6.51. The van der Waals surface area contributed by atoms with Crippen molar-refractivity contribution in [2.75, 3.05) is 20.1 Å². The maximum Gasteiger partial charge on any atom is 0.164 e. The molecule has 0 radical (unpaired) electrons. The molecule has 1 atom stereocenters. The summed E-state index contributed by atoms with van der Waals surface area (Å²) in [5.74, 6) is 0.877. The summed E-state index contributed by atoms with van der Waals surface area (Å²) < 4.78 is 1.73. The van der Waals surface area contributed by atoms with Crippen LogP contribution in [0.3, 0.4) is 0 Å². The van der Waals surface area contributed by atoms with Gasteiger partial charge in [0.25, 0.3) is 0 Å². The van der Waals surface area contributed by atoms with Gasteiger partial charge in [-0.1, -0.05) is 0 Å². The molecular weight excluding hydrogens is 178 g/mol. The highest BCUT2D eigenvalue weighted by molar-refractivity contribution is 4.85. The number of aromatic nitrogens is 3. The number of aryl methyl sites for hydroxylation is 1. The summed E-state index contributed by atoms with van der Waals surface area (Å²) in [5.41, 5.74) is 0. The first-order valence-electron chi connectivity index (χ1n) is 5.00. The molecule has 1 unspecified atom stereocenters. The van der Waals surface area contributed by atoms with Gasteiger partial charge in [-0.05, 0) is 20.0 Å². The van der Waals surface area contributed by atoms with Gasteiger partial charge in [-0.15, -0.1) is 0 Å². The van der Waals surface area contributed by atoms with E-state index >= 15 is 0 Å². The van der Waals surface area contributed by atoms with Gasteiger partial charge < -0.3 is 10.2 Å². The van der Waals surface area contributed by atoms with E-state index in [1.165, 1.54) is 13.0 Å². The second-order valence-electron chi connectivity index (χ2n) is 3.96. The van der Waals surface area contributed by atoms with Crippen molar-refractivity contribution in [3.05, 3.63) is 12.2 Å². The van der Waals surface area contributed by atoms with E-state index in [0.29, 0.717) is 6.04 Å². The number of likely N-dealkylation sites (tertiary alicyclic amines) is 1. The van der Waals surface area contributed by atoms with Crippen LogP contribution in [0.2, 0.25) is 0 Å². The summed E-state index contributed by atoms with van der Waals surface area (Å²) in [6.45, 7) is 3.10. The largest absolute Gasteiger partial charge is 0.306 e. The van der Waals surface area contributed by atoms with Crippen LogP contribution in [-0.4, -0.2) is 45.8 Å². The molecule has 1 fully saturated rings. The van der Waals surface area contributed by atoms with Crippen molar-refractivity contribution in [1.82, 2.24) is 25.0 Å². The van der Waals surface area contributed by atoms with E-state index < -0.39 is 0 Å².